The Kier molecular flexibility index (Phi) is 0.514. The lowest BCUT2D eigenvalue weighted by Crippen LogP contribution is -3.00. The Morgan fingerprint density at radius 3 is 0.909 bits per heavy atom. The van der Waals surface area contributed by atoms with Crippen LogP contribution in [0.15, 0.2) is 0 Å². The van der Waals surface area contributed by atoms with Crippen molar-refractivity contribution >= 4 is 6.08 Å². The van der Waals surface area contributed by atoms with E-state index in [4.69, 9.17) is 10.2 Å². The van der Waals surface area contributed by atoms with E-state index in [1.54, 1.807) is 0 Å². The second-order valence-corrected chi connectivity index (χ2v) is 4.72. The summed E-state index contributed by atoms with van der Waals surface area (Å²) in [7, 11) is 0. The van der Waals surface area contributed by atoms with Crippen molar-refractivity contribution in [2.75, 3.05) is 0 Å². The fourth-order valence-corrected chi connectivity index (χ4v) is 5.29. The summed E-state index contributed by atoms with van der Waals surface area (Å²) in [5, 5.41) is 5.40. The molecule has 0 heterocycles. The zero-order valence-electron chi connectivity index (χ0n) is 6.03. The Bertz CT molecular complexity index is 184. The van der Waals surface area contributed by atoms with Crippen LogP contribution in [0.25, 0.3) is 0 Å². The molecule has 6 aliphatic rings. The SMILES string of the molecule is C12C3C4C1C1C2C3C41.N=C=O. The van der Waals surface area contributed by atoms with Crippen LogP contribution >= 0.6 is 0 Å². The fourth-order valence-electron chi connectivity index (χ4n) is 5.29. The number of hydrogen-bond acceptors (Lipinski definition) is 2. The lowest BCUT2D eigenvalue weighted by atomic mass is 9.01. The largest absolute Gasteiger partial charge is 0.231 e. The minimum Gasteiger partial charge on any atom is -0.222 e. The minimum absolute atomic E-state index is 0.750. The van der Waals surface area contributed by atoms with Crippen molar-refractivity contribution in [2.45, 2.75) is 0 Å². The average Bonchev–Trinajstić information content (AvgIpc) is 2.08. The van der Waals surface area contributed by atoms with E-state index in [-0.39, 0.29) is 0 Å². The van der Waals surface area contributed by atoms with Gasteiger partial charge in [-0.3, -0.25) is 0 Å². The summed E-state index contributed by atoms with van der Waals surface area (Å²) in [5.41, 5.74) is 0. The highest BCUT2D eigenvalue weighted by atomic mass is 16.1. The molecule has 0 aromatic carbocycles. The summed E-state index contributed by atoms with van der Waals surface area (Å²) in [6, 6.07) is 0. The Morgan fingerprint density at radius 1 is 0.727 bits per heavy atom. The Labute approximate surface area is 64.5 Å². The molecule has 0 radical (unpaired) electrons. The first kappa shape index (κ1) is 5.10. The van der Waals surface area contributed by atoms with E-state index >= 15 is 0 Å². The van der Waals surface area contributed by atoms with Crippen molar-refractivity contribution in [3.8, 4) is 0 Å². The lowest BCUT2D eigenvalue weighted by Gasteiger charge is -3.03. The molecule has 1 N–H and O–H groups in total. The number of rotatable bonds is 0. The molecule has 0 unspecified atom stereocenters. The van der Waals surface area contributed by atoms with Crippen LogP contribution in [0, 0.1) is 52.8 Å². The van der Waals surface area contributed by atoms with E-state index in [0.717, 1.165) is 6.08 Å². The van der Waals surface area contributed by atoms with Gasteiger partial charge in [-0.25, -0.2) is 10.2 Å². The molecule has 0 aliphatic heterocycles. The highest BCUT2D eigenvalue weighted by molar-refractivity contribution is 5.44. The molecule has 0 spiro atoms. The van der Waals surface area contributed by atoms with Gasteiger partial charge in [-0.2, -0.15) is 0 Å². The molecule has 6 saturated carbocycles. The number of carbonyl (C=O) groups excluding carboxylic acids is 1. The summed E-state index contributed by atoms with van der Waals surface area (Å²) < 4.78 is 0. The third-order valence-corrected chi connectivity index (χ3v) is 5.33. The normalized spacial score (nSPS) is 79.3. The highest BCUT2D eigenvalue weighted by Crippen LogP contribution is 3.00. The number of hydrogen-bond donors (Lipinski definition) is 1. The van der Waals surface area contributed by atoms with Crippen LogP contribution in [0.2, 0.25) is 0 Å². The first-order chi connectivity index (χ1) is 5.41. The molecular formula is C9H9NO. The standard InChI is InChI=1S/C8H8.CHNO/c1-2-5-3(1)7-4(1)6(2)8(5)7;2-1-3/h1-8H;2H. The summed E-state index contributed by atoms with van der Waals surface area (Å²) >= 11 is 0. The van der Waals surface area contributed by atoms with Crippen LogP contribution in [-0.2, 0) is 4.79 Å². The Hall–Kier alpha value is -0.620. The maximum absolute atomic E-state index is 8.35. The third kappa shape index (κ3) is 0.228. The van der Waals surface area contributed by atoms with Gasteiger partial charge in [0, 0.05) is 0 Å². The summed E-state index contributed by atoms with van der Waals surface area (Å²) in [6.45, 7) is 0. The Balaban J connectivity index is 0.000000119. The molecule has 6 fully saturated rings. The van der Waals surface area contributed by atoms with Crippen molar-refractivity contribution in [3.63, 3.8) is 0 Å². The Morgan fingerprint density at radius 2 is 0.818 bits per heavy atom. The molecular weight excluding hydrogens is 138 g/mol. The van der Waals surface area contributed by atoms with Crippen LogP contribution in [0.3, 0.4) is 0 Å². The molecule has 0 amide bonds. The predicted octanol–water partition coefficient (Wildman–Crippen LogP) is 0.885. The van der Waals surface area contributed by atoms with Gasteiger partial charge in [0.15, 0.2) is 0 Å². The molecule has 2 heteroatoms. The number of isocyanates is 1. The molecule has 0 aromatic heterocycles. The van der Waals surface area contributed by atoms with Gasteiger partial charge < -0.3 is 0 Å². The smallest absolute Gasteiger partial charge is 0.222 e. The van der Waals surface area contributed by atoms with E-state index in [9.17, 15) is 0 Å². The van der Waals surface area contributed by atoms with Crippen molar-refractivity contribution in [3.05, 3.63) is 0 Å². The van der Waals surface area contributed by atoms with Crippen LogP contribution < -0.4 is 0 Å². The first-order valence-electron chi connectivity index (χ1n) is 4.45. The summed E-state index contributed by atoms with van der Waals surface area (Å²) in [5.74, 6) is 10.7. The monoisotopic (exact) mass is 147 g/mol. The van der Waals surface area contributed by atoms with Crippen LogP contribution in [0.1, 0.15) is 0 Å². The molecule has 6 rings (SSSR count). The quantitative estimate of drug-likeness (QED) is 0.401. The van der Waals surface area contributed by atoms with Crippen molar-refractivity contribution in [2.24, 2.45) is 47.3 Å². The van der Waals surface area contributed by atoms with E-state index in [1.165, 1.54) is 47.3 Å². The van der Waals surface area contributed by atoms with Gasteiger partial charge in [-0.1, -0.05) is 0 Å². The zero-order chi connectivity index (χ0) is 7.33. The third-order valence-electron chi connectivity index (χ3n) is 5.33. The highest BCUT2D eigenvalue weighted by Gasteiger charge is 2.97. The van der Waals surface area contributed by atoms with E-state index in [0.29, 0.717) is 0 Å². The molecule has 0 saturated heterocycles. The van der Waals surface area contributed by atoms with E-state index in [2.05, 4.69) is 0 Å². The van der Waals surface area contributed by atoms with Gasteiger partial charge in [0.05, 0.1) is 0 Å². The molecule has 2 nitrogen and oxygen atoms in total. The second-order valence-electron chi connectivity index (χ2n) is 4.72. The van der Waals surface area contributed by atoms with Crippen molar-refractivity contribution < 1.29 is 4.79 Å². The van der Waals surface area contributed by atoms with Crippen molar-refractivity contribution in [1.29, 1.82) is 5.41 Å². The molecule has 6 aliphatic carbocycles. The van der Waals surface area contributed by atoms with Crippen LogP contribution in [0.4, 0.5) is 0 Å². The summed E-state index contributed by atoms with van der Waals surface area (Å²) in [4.78, 5) is 8.35. The van der Waals surface area contributed by atoms with Gasteiger partial charge >= 0.3 is 0 Å². The maximum Gasteiger partial charge on any atom is 0.231 e. The first-order valence-corrected chi connectivity index (χ1v) is 4.45. The molecule has 0 bridgehead atoms. The second kappa shape index (κ2) is 1.11. The molecule has 0 atom stereocenters. The van der Waals surface area contributed by atoms with Crippen molar-refractivity contribution in [1.82, 2.24) is 0 Å². The summed E-state index contributed by atoms with van der Waals surface area (Å²) in [6.07, 6.45) is 0.750. The molecule has 11 heavy (non-hydrogen) atoms. The minimum atomic E-state index is 0.750. The van der Waals surface area contributed by atoms with E-state index < -0.39 is 0 Å². The van der Waals surface area contributed by atoms with Gasteiger partial charge in [-0.15, -0.1) is 0 Å². The lowest BCUT2D eigenvalue weighted by molar-refractivity contribution is -0.565. The fraction of sp³-hybridized carbons (Fsp3) is 0.889. The van der Waals surface area contributed by atoms with E-state index in [1.807, 2.05) is 0 Å². The van der Waals surface area contributed by atoms with Crippen LogP contribution in [0.5, 0.6) is 0 Å². The predicted molar refractivity (Wildman–Crippen MR) is 36.3 cm³/mol. The van der Waals surface area contributed by atoms with Gasteiger partial charge in [0.1, 0.15) is 0 Å². The van der Waals surface area contributed by atoms with Gasteiger partial charge in [-0.05, 0) is 47.3 Å². The van der Waals surface area contributed by atoms with Crippen LogP contribution in [-0.4, -0.2) is 6.08 Å². The molecule has 56 valence electrons. The molecule has 0 aromatic rings. The topological polar surface area (TPSA) is 40.9 Å². The maximum atomic E-state index is 8.35. The van der Waals surface area contributed by atoms with Gasteiger partial charge in [0.25, 0.3) is 0 Å². The number of nitrogens with one attached hydrogen (secondary N) is 1. The zero-order valence-corrected chi connectivity index (χ0v) is 6.03. The van der Waals surface area contributed by atoms with Gasteiger partial charge in [0.2, 0.25) is 6.08 Å². The average molecular weight is 147 g/mol.